The minimum Gasteiger partial charge on any atom is -0.469 e. The van der Waals surface area contributed by atoms with E-state index in [1.807, 2.05) is 0 Å². The minimum atomic E-state index is -4.30. The SMILES string of the molecule is COC(=O)CC=Cc1cccc(SC(F)(F)F)c1. The van der Waals surface area contributed by atoms with Crippen LogP contribution in [0.2, 0.25) is 0 Å². The Hall–Kier alpha value is -1.43. The van der Waals surface area contributed by atoms with E-state index in [4.69, 9.17) is 0 Å². The second-order valence-electron chi connectivity index (χ2n) is 3.30. The molecule has 0 spiro atoms. The zero-order chi connectivity index (χ0) is 13.6. The standard InChI is InChI=1S/C12H11F3O2S/c1-17-11(16)7-3-5-9-4-2-6-10(8-9)18-12(13,14)15/h2-6,8H,7H2,1H3. The van der Waals surface area contributed by atoms with Gasteiger partial charge in [0, 0.05) is 4.90 Å². The Balaban J connectivity index is 2.68. The fourth-order valence-electron chi connectivity index (χ4n) is 1.19. The van der Waals surface area contributed by atoms with E-state index in [1.54, 1.807) is 18.2 Å². The first kappa shape index (κ1) is 14.6. The smallest absolute Gasteiger partial charge is 0.446 e. The third-order valence-corrected chi connectivity index (χ3v) is 2.64. The summed E-state index contributed by atoms with van der Waals surface area (Å²) in [5.74, 6) is -0.396. The molecule has 0 N–H and O–H groups in total. The second kappa shape index (κ2) is 6.49. The summed E-state index contributed by atoms with van der Waals surface area (Å²) in [7, 11) is 1.27. The van der Waals surface area contributed by atoms with Gasteiger partial charge < -0.3 is 4.74 Å². The number of thioether (sulfide) groups is 1. The van der Waals surface area contributed by atoms with Crippen LogP contribution in [0.25, 0.3) is 6.08 Å². The van der Waals surface area contributed by atoms with E-state index in [0.717, 1.165) is 0 Å². The molecule has 1 rings (SSSR count). The summed E-state index contributed by atoms with van der Waals surface area (Å²) >= 11 is -0.166. The van der Waals surface area contributed by atoms with E-state index in [0.29, 0.717) is 5.56 Å². The van der Waals surface area contributed by atoms with Gasteiger partial charge in [-0.3, -0.25) is 4.79 Å². The molecule has 0 amide bonds. The van der Waals surface area contributed by atoms with E-state index in [2.05, 4.69) is 4.74 Å². The first-order chi connectivity index (χ1) is 8.40. The van der Waals surface area contributed by atoms with Crippen LogP contribution in [-0.4, -0.2) is 18.6 Å². The maximum atomic E-state index is 12.2. The first-order valence-electron chi connectivity index (χ1n) is 5.00. The van der Waals surface area contributed by atoms with E-state index < -0.39 is 11.5 Å². The molecule has 0 saturated heterocycles. The van der Waals surface area contributed by atoms with Crippen LogP contribution in [0.3, 0.4) is 0 Å². The number of methoxy groups -OCH3 is 1. The van der Waals surface area contributed by atoms with E-state index in [1.165, 1.54) is 25.3 Å². The number of alkyl halides is 3. The summed E-state index contributed by atoms with van der Waals surface area (Å²) < 4.78 is 40.9. The Morgan fingerprint density at radius 1 is 1.44 bits per heavy atom. The molecule has 0 fully saturated rings. The Morgan fingerprint density at radius 2 is 2.17 bits per heavy atom. The van der Waals surface area contributed by atoms with Gasteiger partial charge >= 0.3 is 11.5 Å². The van der Waals surface area contributed by atoms with Crippen LogP contribution >= 0.6 is 11.8 Å². The fourth-order valence-corrected chi connectivity index (χ4v) is 1.80. The zero-order valence-electron chi connectivity index (χ0n) is 9.53. The highest BCUT2D eigenvalue weighted by Crippen LogP contribution is 2.37. The van der Waals surface area contributed by atoms with E-state index in [-0.39, 0.29) is 23.1 Å². The molecule has 1 aromatic carbocycles. The molecule has 0 saturated carbocycles. The third kappa shape index (κ3) is 5.77. The molecule has 2 nitrogen and oxygen atoms in total. The lowest BCUT2D eigenvalue weighted by Crippen LogP contribution is -1.98. The largest absolute Gasteiger partial charge is 0.469 e. The van der Waals surface area contributed by atoms with Crippen molar-refractivity contribution in [2.45, 2.75) is 16.8 Å². The molecule has 0 aliphatic carbocycles. The Kier molecular flexibility index (Phi) is 5.27. The molecule has 0 heterocycles. The van der Waals surface area contributed by atoms with Gasteiger partial charge in [0.15, 0.2) is 0 Å². The van der Waals surface area contributed by atoms with Gasteiger partial charge in [0.05, 0.1) is 13.5 Å². The van der Waals surface area contributed by atoms with Gasteiger partial charge in [-0.1, -0.05) is 24.3 Å². The van der Waals surface area contributed by atoms with Gasteiger partial charge in [-0.05, 0) is 29.5 Å². The van der Waals surface area contributed by atoms with Crippen molar-refractivity contribution < 1.29 is 22.7 Å². The van der Waals surface area contributed by atoms with Crippen molar-refractivity contribution in [1.29, 1.82) is 0 Å². The summed E-state index contributed by atoms with van der Waals surface area (Å²) in [6.07, 6.45) is 3.22. The van der Waals surface area contributed by atoms with Crippen molar-refractivity contribution in [3.05, 3.63) is 35.9 Å². The number of esters is 1. The summed E-state index contributed by atoms with van der Waals surface area (Å²) in [5, 5.41) is 0. The summed E-state index contributed by atoms with van der Waals surface area (Å²) in [4.78, 5) is 10.9. The average Bonchev–Trinajstić information content (AvgIpc) is 2.27. The minimum absolute atomic E-state index is 0.0904. The van der Waals surface area contributed by atoms with Crippen LogP contribution in [0.1, 0.15) is 12.0 Å². The quantitative estimate of drug-likeness (QED) is 0.616. The van der Waals surface area contributed by atoms with Crippen LogP contribution in [0, 0.1) is 0 Å². The number of rotatable bonds is 4. The molecule has 98 valence electrons. The van der Waals surface area contributed by atoms with Crippen LogP contribution in [0.5, 0.6) is 0 Å². The Bertz CT molecular complexity index is 441. The topological polar surface area (TPSA) is 26.3 Å². The molecule has 0 aromatic heterocycles. The van der Waals surface area contributed by atoms with Gasteiger partial charge in [0.2, 0.25) is 0 Å². The van der Waals surface area contributed by atoms with E-state index >= 15 is 0 Å². The third-order valence-electron chi connectivity index (χ3n) is 1.91. The highest BCUT2D eigenvalue weighted by atomic mass is 32.2. The lowest BCUT2D eigenvalue weighted by molar-refractivity contribution is -0.139. The van der Waals surface area contributed by atoms with Crippen molar-refractivity contribution in [3.8, 4) is 0 Å². The molecular weight excluding hydrogens is 265 g/mol. The van der Waals surface area contributed by atoms with Gasteiger partial charge in [0.25, 0.3) is 0 Å². The van der Waals surface area contributed by atoms with Crippen molar-refractivity contribution >= 4 is 23.8 Å². The van der Waals surface area contributed by atoms with Gasteiger partial charge in [0.1, 0.15) is 0 Å². The maximum absolute atomic E-state index is 12.2. The molecule has 0 radical (unpaired) electrons. The van der Waals surface area contributed by atoms with Gasteiger partial charge in [-0.15, -0.1) is 0 Å². The van der Waals surface area contributed by atoms with Gasteiger partial charge in [-0.2, -0.15) is 13.2 Å². The lowest BCUT2D eigenvalue weighted by atomic mass is 10.2. The average molecular weight is 276 g/mol. The molecule has 0 unspecified atom stereocenters. The normalized spacial score (nSPS) is 11.8. The predicted molar refractivity (Wildman–Crippen MR) is 64.0 cm³/mol. The van der Waals surface area contributed by atoms with Crippen molar-refractivity contribution in [2.24, 2.45) is 0 Å². The highest BCUT2D eigenvalue weighted by Gasteiger charge is 2.29. The molecule has 0 aliphatic rings. The Morgan fingerprint density at radius 3 is 2.78 bits per heavy atom. The van der Waals surface area contributed by atoms with Crippen molar-refractivity contribution in [3.63, 3.8) is 0 Å². The fraction of sp³-hybridized carbons (Fsp3) is 0.250. The Labute approximate surface area is 107 Å². The predicted octanol–water partition coefficient (Wildman–Crippen LogP) is 3.87. The zero-order valence-corrected chi connectivity index (χ0v) is 10.3. The molecular formula is C12H11F3O2S. The van der Waals surface area contributed by atoms with Crippen LogP contribution in [0.4, 0.5) is 13.2 Å². The summed E-state index contributed by atoms with van der Waals surface area (Å²) in [6, 6.07) is 5.99. The number of benzene rings is 1. The van der Waals surface area contributed by atoms with Crippen molar-refractivity contribution in [1.82, 2.24) is 0 Å². The molecule has 1 aromatic rings. The number of hydrogen-bond donors (Lipinski definition) is 0. The molecule has 0 atom stereocenters. The number of carbonyl (C=O) groups is 1. The molecule has 0 bridgehead atoms. The van der Waals surface area contributed by atoms with Crippen molar-refractivity contribution in [2.75, 3.05) is 7.11 Å². The molecule has 0 aliphatic heterocycles. The number of halogens is 3. The lowest BCUT2D eigenvalue weighted by Gasteiger charge is -2.05. The highest BCUT2D eigenvalue weighted by molar-refractivity contribution is 8.00. The van der Waals surface area contributed by atoms with E-state index in [9.17, 15) is 18.0 Å². The summed E-state index contributed by atoms with van der Waals surface area (Å²) in [5.41, 5.74) is -3.69. The molecule has 6 heteroatoms. The molecule has 18 heavy (non-hydrogen) atoms. The van der Waals surface area contributed by atoms with Gasteiger partial charge in [-0.25, -0.2) is 0 Å². The summed E-state index contributed by atoms with van der Waals surface area (Å²) in [6.45, 7) is 0. The number of hydrogen-bond acceptors (Lipinski definition) is 3. The second-order valence-corrected chi connectivity index (χ2v) is 4.44. The van der Waals surface area contributed by atoms with Crippen LogP contribution in [0.15, 0.2) is 35.2 Å². The number of carbonyl (C=O) groups excluding carboxylic acids is 1. The van der Waals surface area contributed by atoms with Crippen LogP contribution < -0.4 is 0 Å². The first-order valence-corrected chi connectivity index (χ1v) is 5.81. The monoisotopic (exact) mass is 276 g/mol. The van der Waals surface area contributed by atoms with Crippen LogP contribution in [-0.2, 0) is 9.53 Å². The maximum Gasteiger partial charge on any atom is 0.446 e. The number of ether oxygens (including phenoxy) is 1.